The second-order valence-electron chi connectivity index (χ2n) is 5.86. The Bertz CT molecular complexity index is 568. The van der Waals surface area contributed by atoms with Gasteiger partial charge in [-0.25, -0.2) is 4.79 Å². The largest absolute Gasteiger partial charge is 0.479 e. The molecule has 0 unspecified atom stereocenters. The number of hydrogen-bond acceptors (Lipinski definition) is 4. The Hall–Kier alpha value is -1.40. The molecule has 1 aromatic rings. The predicted octanol–water partition coefficient (Wildman–Crippen LogP) is 1.80. The van der Waals surface area contributed by atoms with Gasteiger partial charge in [0.05, 0.1) is 18.0 Å². The summed E-state index contributed by atoms with van der Waals surface area (Å²) >= 11 is 1.57. The van der Waals surface area contributed by atoms with Gasteiger partial charge in [0.25, 0.3) is 5.91 Å². The average Bonchev–Trinajstić information content (AvgIpc) is 2.89. The highest BCUT2D eigenvalue weighted by Gasteiger charge is 2.31. The molecule has 2 aliphatic rings. The summed E-state index contributed by atoms with van der Waals surface area (Å²) in [6.07, 6.45) is 2.37. The Kier molecular flexibility index (Phi) is 3.99. The number of nitrogens with zero attached hydrogens (tertiary/aromatic N) is 1. The molecule has 2 heterocycles. The predicted molar refractivity (Wildman–Crippen MR) is 78.8 cm³/mol. The van der Waals surface area contributed by atoms with E-state index in [9.17, 15) is 9.59 Å². The first-order valence-electron chi connectivity index (χ1n) is 7.30. The van der Waals surface area contributed by atoms with Gasteiger partial charge >= 0.3 is 5.97 Å². The molecule has 1 aliphatic carbocycles. The van der Waals surface area contributed by atoms with Crippen molar-refractivity contribution in [3.05, 3.63) is 21.4 Å². The molecule has 1 aliphatic heterocycles. The molecule has 1 amide bonds. The summed E-state index contributed by atoms with van der Waals surface area (Å²) in [4.78, 5) is 27.2. The lowest BCUT2D eigenvalue weighted by Gasteiger charge is -2.30. The van der Waals surface area contributed by atoms with Crippen LogP contribution in [0.15, 0.2) is 6.07 Å². The van der Waals surface area contributed by atoms with Gasteiger partial charge in [-0.15, -0.1) is 11.3 Å². The van der Waals surface area contributed by atoms with Crippen molar-refractivity contribution in [1.82, 2.24) is 4.90 Å². The first-order valence-corrected chi connectivity index (χ1v) is 8.11. The Morgan fingerprint density at radius 3 is 3.05 bits per heavy atom. The van der Waals surface area contributed by atoms with Crippen LogP contribution in [0.5, 0.6) is 0 Å². The molecule has 0 radical (unpaired) electrons. The average molecular weight is 309 g/mol. The van der Waals surface area contributed by atoms with Crippen LogP contribution in [0, 0.1) is 5.92 Å². The maximum absolute atomic E-state index is 12.6. The first-order chi connectivity index (χ1) is 10.0. The van der Waals surface area contributed by atoms with Gasteiger partial charge in [-0.05, 0) is 36.8 Å². The van der Waals surface area contributed by atoms with Gasteiger partial charge in [0.2, 0.25) is 0 Å². The number of aryl methyl sites for hydroxylation is 1. The van der Waals surface area contributed by atoms with Gasteiger partial charge in [-0.1, -0.05) is 6.92 Å². The second kappa shape index (κ2) is 5.77. The van der Waals surface area contributed by atoms with Crippen molar-refractivity contribution in [3.8, 4) is 0 Å². The van der Waals surface area contributed by atoms with Crippen molar-refractivity contribution in [3.63, 3.8) is 0 Å². The molecule has 6 heteroatoms. The van der Waals surface area contributed by atoms with Crippen molar-refractivity contribution in [1.29, 1.82) is 0 Å². The third-order valence-electron chi connectivity index (χ3n) is 4.17. The minimum Gasteiger partial charge on any atom is -0.479 e. The van der Waals surface area contributed by atoms with E-state index in [0.717, 1.165) is 17.7 Å². The van der Waals surface area contributed by atoms with Gasteiger partial charge in [0.1, 0.15) is 0 Å². The molecule has 1 fully saturated rings. The summed E-state index contributed by atoms with van der Waals surface area (Å²) in [5.41, 5.74) is 1.30. The van der Waals surface area contributed by atoms with E-state index in [1.807, 2.05) is 6.07 Å². The number of carboxylic acids is 1. The topological polar surface area (TPSA) is 66.8 Å². The quantitative estimate of drug-likeness (QED) is 0.904. The van der Waals surface area contributed by atoms with Gasteiger partial charge in [0, 0.05) is 11.4 Å². The third kappa shape index (κ3) is 2.96. The van der Waals surface area contributed by atoms with E-state index in [1.54, 1.807) is 16.2 Å². The molecule has 1 aromatic heterocycles. The molecular weight excluding hydrogens is 290 g/mol. The van der Waals surface area contributed by atoms with Crippen LogP contribution in [0.3, 0.4) is 0 Å². The monoisotopic (exact) mass is 309 g/mol. The van der Waals surface area contributed by atoms with Gasteiger partial charge < -0.3 is 14.7 Å². The highest BCUT2D eigenvalue weighted by molar-refractivity contribution is 7.14. The number of fused-ring (bicyclic) bond motifs is 1. The number of amides is 1. The van der Waals surface area contributed by atoms with Gasteiger partial charge in [-0.3, -0.25) is 4.79 Å². The van der Waals surface area contributed by atoms with E-state index in [0.29, 0.717) is 12.5 Å². The van der Waals surface area contributed by atoms with Crippen LogP contribution in [0.4, 0.5) is 0 Å². The molecule has 114 valence electrons. The highest BCUT2D eigenvalue weighted by atomic mass is 32.1. The summed E-state index contributed by atoms with van der Waals surface area (Å²) in [6, 6.07) is 2.00. The number of morpholine rings is 1. The molecular formula is C15H19NO4S. The number of carbonyl (C=O) groups excluding carboxylic acids is 1. The highest BCUT2D eigenvalue weighted by Crippen LogP contribution is 2.32. The fraction of sp³-hybridized carbons (Fsp3) is 0.600. The Labute approximate surface area is 127 Å². The Morgan fingerprint density at radius 1 is 1.48 bits per heavy atom. The maximum atomic E-state index is 12.6. The minimum absolute atomic E-state index is 0.0587. The lowest BCUT2D eigenvalue weighted by atomic mass is 9.90. The molecule has 21 heavy (non-hydrogen) atoms. The minimum atomic E-state index is -1.01. The summed E-state index contributed by atoms with van der Waals surface area (Å²) in [6.45, 7) is 3.11. The molecule has 0 spiro atoms. The van der Waals surface area contributed by atoms with Crippen molar-refractivity contribution in [2.24, 2.45) is 5.92 Å². The number of carboxylic acid groups (broad SMARTS) is 1. The van der Waals surface area contributed by atoms with Crippen LogP contribution in [0.2, 0.25) is 0 Å². The van der Waals surface area contributed by atoms with Crippen LogP contribution >= 0.6 is 11.3 Å². The van der Waals surface area contributed by atoms with E-state index in [-0.39, 0.29) is 19.1 Å². The normalized spacial score (nSPS) is 25.5. The number of thiophene rings is 1. The Balaban J connectivity index is 1.74. The lowest BCUT2D eigenvalue weighted by Crippen LogP contribution is -2.48. The summed E-state index contributed by atoms with van der Waals surface area (Å²) < 4.78 is 5.16. The SMILES string of the molecule is C[C@@H]1CCc2sc(C(=O)N3CCO[C@@H](C(=O)O)C3)cc2C1. The smallest absolute Gasteiger partial charge is 0.334 e. The molecule has 3 rings (SSSR count). The molecule has 5 nitrogen and oxygen atoms in total. The van der Waals surface area contributed by atoms with E-state index in [1.165, 1.54) is 16.9 Å². The molecule has 1 N–H and O–H groups in total. The molecule has 1 saturated heterocycles. The van der Waals surface area contributed by atoms with E-state index in [4.69, 9.17) is 9.84 Å². The van der Waals surface area contributed by atoms with Crippen LogP contribution < -0.4 is 0 Å². The number of hydrogen-bond donors (Lipinski definition) is 1. The fourth-order valence-electron chi connectivity index (χ4n) is 2.95. The standard InChI is InChI=1S/C15H19NO4S/c1-9-2-3-12-10(6-9)7-13(21-12)14(17)16-4-5-20-11(8-16)15(18)19/h7,9,11H,2-6,8H2,1H3,(H,18,19)/t9-,11-/m1/s1. The lowest BCUT2D eigenvalue weighted by molar-refractivity contribution is -0.154. The Morgan fingerprint density at radius 2 is 2.29 bits per heavy atom. The van der Waals surface area contributed by atoms with Gasteiger partial charge in [0.15, 0.2) is 6.10 Å². The van der Waals surface area contributed by atoms with Crippen molar-refractivity contribution < 1.29 is 19.4 Å². The van der Waals surface area contributed by atoms with E-state index < -0.39 is 12.1 Å². The van der Waals surface area contributed by atoms with Crippen LogP contribution in [0.1, 0.15) is 33.5 Å². The summed E-state index contributed by atoms with van der Waals surface area (Å²) in [5, 5.41) is 9.01. The van der Waals surface area contributed by atoms with E-state index >= 15 is 0 Å². The number of aliphatic carboxylic acids is 1. The molecule has 2 atom stereocenters. The van der Waals surface area contributed by atoms with Crippen molar-refractivity contribution >= 4 is 23.2 Å². The summed E-state index contributed by atoms with van der Waals surface area (Å²) in [7, 11) is 0. The molecule has 0 saturated carbocycles. The third-order valence-corrected chi connectivity index (χ3v) is 5.39. The zero-order valence-corrected chi connectivity index (χ0v) is 12.8. The van der Waals surface area contributed by atoms with Crippen LogP contribution in [-0.4, -0.2) is 47.7 Å². The van der Waals surface area contributed by atoms with Crippen molar-refractivity contribution in [2.45, 2.75) is 32.3 Å². The molecule has 0 bridgehead atoms. The zero-order chi connectivity index (χ0) is 15.0. The van der Waals surface area contributed by atoms with E-state index in [2.05, 4.69) is 6.92 Å². The number of ether oxygens (including phenoxy) is 1. The zero-order valence-electron chi connectivity index (χ0n) is 12.0. The summed E-state index contributed by atoms with van der Waals surface area (Å²) in [5.74, 6) is -0.391. The second-order valence-corrected chi connectivity index (χ2v) is 6.99. The molecule has 0 aromatic carbocycles. The number of rotatable bonds is 2. The van der Waals surface area contributed by atoms with Crippen LogP contribution in [-0.2, 0) is 22.4 Å². The number of carbonyl (C=O) groups is 2. The fourth-order valence-corrected chi connectivity index (χ4v) is 4.13. The van der Waals surface area contributed by atoms with Crippen molar-refractivity contribution in [2.75, 3.05) is 19.7 Å². The first kappa shape index (κ1) is 14.5. The van der Waals surface area contributed by atoms with Gasteiger partial charge in [-0.2, -0.15) is 0 Å². The van der Waals surface area contributed by atoms with Crippen LogP contribution in [0.25, 0.3) is 0 Å². The maximum Gasteiger partial charge on any atom is 0.334 e.